The highest BCUT2D eigenvalue weighted by molar-refractivity contribution is 6.12. The first kappa shape index (κ1) is 35.9. The number of nitrogens with zero attached hydrogens (tertiary/aromatic N) is 1. The van der Waals surface area contributed by atoms with Gasteiger partial charge in [-0.05, 0) is 74.2 Å². The minimum Gasteiger partial charge on any atom is -0.492 e. The number of hydrogen-bond donors (Lipinski definition) is 2. The molecule has 47 heavy (non-hydrogen) atoms. The maximum Gasteiger partial charge on any atom is 0.290 e. The van der Waals surface area contributed by atoms with Crippen LogP contribution < -0.4 is 15.0 Å². The lowest BCUT2D eigenvalue weighted by atomic mass is 10.0. The molecule has 0 saturated heterocycles. The van der Waals surface area contributed by atoms with Crippen molar-refractivity contribution in [1.82, 2.24) is 0 Å². The molecule has 5 rings (SSSR count). The van der Waals surface area contributed by atoms with E-state index in [9.17, 15) is 4.79 Å². The molecule has 242 valence electrons. The van der Waals surface area contributed by atoms with Gasteiger partial charge in [0.15, 0.2) is 5.78 Å². The third kappa shape index (κ3) is 11.4. The van der Waals surface area contributed by atoms with Gasteiger partial charge in [0.2, 0.25) is 0 Å². The molecule has 0 radical (unpaired) electrons. The topological polar surface area (TPSA) is 78.9 Å². The van der Waals surface area contributed by atoms with E-state index in [2.05, 4.69) is 78.5 Å². The van der Waals surface area contributed by atoms with E-state index < -0.39 is 0 Å². The lowest BCUT2D eigenvalue weighted by Crippen LogP contribution is -2.23. The predicted octanol–water partition coefficient (Wildman–Crippen LogP) is 9.23. The van der Waals surface area contributed by atoms with Gasteiger partial charge >= 0.3 is 0 Å². The Balaban J connectivity index is 0.000000784. The first-order chi connectivity index (χ1) is 22.9. The summed E-state index contributed by atoms with van der Waals surface area (Å²) in [6.45, 7) is 11.1. The summed E-state index contributed by atoms with van der Waals surface area (Å²) in [5, 5.41) is 10.4. The van der Waals surface area contributed by atoms with Gasteiger partial charge in [-0.2, -0.15) is 0 Å². The number of carboxylic acid groups (broad SMARTS) is 1. The van der Waals surface area contributed by atoms with Crippen molar-refractivity contribution in [3.05, 3.63) is 168 Å². The SMILES string of the molecule is C/C=C\C.C=CC1=CN(CCOc2ccc(CC(C)Nc3ccccc3C(=O)c3ccccc3)cc2)c2ccccc2C=C1.O=CO. The molecule has 1 atom stereocenters. The Bertz CT molecular complexity index is 1650. The Morgan fingerprint density at radius 1 is 0.894 bits per heavy atom. The van der Waals surface area contributed by atoms with Crippen molar-refractivity contribution in [3.8, 4) is 5.75 Å². The van der Waals surface area contributed by atoms with E-state index >= 15 is 0 Å². The van der Waals surface area contributed by atoms with Gasteiger partial charge in [0.1, 0.15) is 12.4 Å². The molecule has 0 aliphatic carbocycles. The maximum absolute atomic E-state index is 13.1. The standard InChI is InChI=1S/C36H34N2O2.C4H8.CH2O2/c1-3-28-17-20-30-11-7-10-16-35(30)38(26-28)23-24-40-32-21-18-29(19-22-32)25-27(2)37-34-15-9-8-14-33(34)36(39)31-12-5-4-6-13-31;1-3-4-2;2-1-3/h3-22,26-27,37H,1,23-25H2,2H3;3-4H,1-2H3;1H,(H,2,3)/b;4-3-;. The molecule has 0 spiro atoms. The minimum atomic E-state index is -0.250. The van der Waals surface area contributed by atoms with Crippen LogP contribution in [0.3, 0.4) is 0 Å². The second-order valence-electron chi connectivity index (χ2n) is 10.7. The zero-order chi connectivity index (χ0) is 33.9. The number of para-hydroxylation sites is 2. The average Bonchev–Trinajstić information content (AvgIpc) is 3.29. The first-order valence-electron chi connectivity index (χ1n) is 15.6. The molecule has 0 aromatic heterocycles. The molecule has 0 amide bonds. The normalized spacial score (nSPS) is 12.1. The van der Waals surface area contributed by atoms with Crippen molar-refractivity contribution in [3.63, 3.8) is 0 Å². The molecule has 1 heterocycles. The molecule has 1 aliphatic heterocycles. The summed E-state index contributed by atoms with van der Waals surface area (Å²) in [6.07, 6.45) is 13.0. The highest BCUT2D eigenvalue weighted by atomic mass is 16.5. The van der Waals surface area contributed by atoms with Crippen LogP contribution in [0.5, 0.6) is 5.75 Å². The molecule has 6 heteroatoms. The van der Waals surface area contributed by atoms with Crippen molar-refractivity contribution in [2.75, 3.05) is 23.4 Å². The molecule has 1 aliphatic rings. The Hall–Kier alpha value is -5.62. The van der Waals surface area contributed by atoms with Crippen LogP contribution >= 0.6 is 0 Å². The summed E-state index contributed by atoms with van der Waals surface area (Å²) in [6, 6.07) is 33.9. The zero-order valence-electron chi connectivity index (χ0n) is 27.4. The largest absolute Gasteiger partial charge is 0.492 e. The number of anilines is 2. The van der Waals surface area contributed by atoms with Gasteiger partial charge in [-0.3, -0.25) is 9.59 Å². The molecule has 2 N–H and O–H groups in total. The summed E-state index contributed by atoms with van der Waals surface area (Å²) in [4.78, 5) is 23.7. The fourth-order valence-corrected chi connectivity index (χ4v) is 4.88. The van der Waals surface area contributed by atoms with Crippen molar-refractivity contribution < 1.29 is 19.4 Å². The molecule has 1 unspecified atom stereocenters. The van der Waals surface area contributed by atoms with Crippen molar-refractivity contribution in [2.45, 2.75) is 33.2 Å². The molecule has 4 aromatic rings. The second kappa shape index (κ2) is 19.7. The number of rotatable bonds is 11. The zero-order valence-corrected chi connectivity index (χ0v) is 27.4. The number of fused-ring (bicyclic) bond motifs is 1. The Morgan fingerprint density at radius 3 is 2.21 bits per heavy atom. The Kier molecular flexibility index (Phi) is 15.0. The van der Waals surface area contributed by atoms with E-state index in [1.807, 2.05) is 98.8 Å². The van der Waals surface area contributed by atoms with Crippen LogP contribution in [0.25, 0.3) is 6.08 Å². The van der Waals surface area contributed by atoms with Crippen molar-refractivity contribution in [1.29, 1.82) is 0 Å². The van der Waals surface area contributed by atoms with Crippen molar-refractivity contribution in [2.24, 2.45) is 0 Å². The van der Waals surface area contributed by atoms with Crippen LogP contribution in [-0.2, 0) is 11.2 Å². The van der Waals surface area contributed by atoms with Crippen LogP contribution in [0.2, 0.25) is 0 Å². The minimum absolute atomic E-state index is 0.0218. The van der Waals surface area contributed by atoms with E-state index in [0.29, 0.717) is 17.7 Å². The molecule has 0 saturated carbocycles. The number of carbonyl (C=O) groups excluding carboxylic acids is 1. The monoisotopic (exact) mass is 628 g/mol. The third-order valence-corrected chi connectivity index (χ3v) is 7.25. The van der Waals surface area contributed by atoms with Gasteiger partial charge in [-0.1, -0.05) is 110 Å². The first-order valence-corrected chi connectivity index (χ1v) is 15.6. The number of ketones is 1. The van der Waals surface area contributed by atoms with Gasteiger partial charge in [0.05, 0.1) is 6.54 Å². The lowest BCUT2D eigenvalue weighted by molar-refractivity contribution is -0.122. The average molecular weight is 629 g/mol. The van der Waals surface area contributed by atoms with E-state index in [1.54, 1.807) is 0 Å². The number of nitrogens with one attached hydrogen (secondary N) is 1. The van der Waals surface area contributed by atoms with Gasteiger partial charge in [0.25, 0.3) is 6.47 Å². The summed E-state index contributed by atoms with van der Waals surface area (Å²) in [5.74, 6) is 0.867. The number of benzene rings is 4. The highest BCUT2D eigenvalue weighted by Crippen LogP contribution is 2.27. The number of ether oxygens (including phenoxy) is 1. The summed E-state index contributed by atoms with van der Waals surface area (Å²) < 4.78 is 6.10. The van der Waals surface area contributed by atoms with Gasteiger partial charge < -0.3 is 20.1 Å². The molecule has 0 bridgehead atoms. The van der Waals surface area contributed by atoms with E-state index in [0.717, 1.165) is 35.7 Å². The van der Waals surface area contributed by atoms with Crippen LogP contribution in [0.1, 0.15) is 47.8 Å². The smallest absolute Gasteiger partial charge is 0.290 e. The predicted molar refractivity (Wildman–Crippen MR) is 195 cm³/mol. The maximum atomic E-state index is 13.1. The molecule has 4 aromatic carbocycles. The van der Waals surface area contributed by atoms with E-state index in [4.69, 9.17) is 14.6 Å². The number of carbonyl (C=O) groups is 2. The van der Waals surface area contributed by atoms with Gasteiger partial charge in [-0.25, -0.2) is 0 Å². The van der Waals surface area contributed by atoms with Crippen LogP contribution in [0.15, 0.2) is 146 Å². The Morgan fingerprint density at radius 2 is 1.53 bits per heavy atom. The van der Waals surface area contributed by atoms with Crippen LogP contribution in [0.4, 0.5) is 11.4 Å². The quantitative estimate of drug-likeness (QED) is 0.0980. The molecular weight excluding hydrogens is 584 g/mol. The summed E-state index contributed by atoms with van der Waals surface area (Å²) >= 11 is 0. The third-order valence-electron chi connectivity index (χ3n) is 7.25. The molecular formula is C41H44N2O4. The molecule has 0 fully saturated rings. The second-order valence-corrected chi connectivity index (χ2v) is 10.7. The van der Waals surface area contributed by atoms with E-state index in [-0.39, 0.29) is 18.3 Å². The lowest BCUT2D eigenvalue weighted by Gasteiger charge is -2.22. The fourth-order valence-electron chi connectivity index (χ4n) is 4.88. The fraction of sp³-hybridized carbons (Fsp3) is 0.171. The van der Waals surface area contributed by atoms with E-state index in [1.165, 1.54) is 11.1 Å². The van der Waals surface area contributed by atoms with Crippen molar-refractivity contribution >= 4 is 29.7 Å². The van der Waals surface area contributed by atoms with Crippen LogP contribution in [-0.4, -0.2) is 36.6 Å². The highest BCUT2D eigenvalue weighted by Gasteiger charge is 2.15. The molecule has 6 nitrogen and oxygen atoms in total. The van der Waals surface area contributed by atoms with Gasteiger partial charge in [-0.15, -0.1) is 0 Å². The van der Waals surface area contributed by atoms with Crippen LogP contribution in [0, 0.1) is 0 Å². The number of hydrogen-bond acceptors (Lipinski definition) is 5. The van der Waals surface area contributed by atoms with Gasteiger partial charge in [0, 0.05) is 34.7 Å². The number of allylic oxidation sites excluding steroid dienone is 5. The summed E-state index contributed by atoms with van der Waals surface area (Å²) in [5.41, 5.74) is 6.82. The summed E-state index contributed by atoms with van der Waals surface area (Å²) in [7, 11) is 0. The Labute approximate surface area is 279 Å².